The zero-order valence-corrected chi connectivity index (χ0v) is 14.5. The fourth-order valence-corrected chi connectivity index (χ4v) is 3.62. The molecule has 1 saturated heterocycles. The number of likely N-dealkylation sites (tertiary alicyclic amines) is 1. The van der Waals surface area contributed by atoms with Gasteiger partial charge in [0, 0.05) is 29.9 Å². The van der Waals surface area contributed by atoms with Crippen molar-refractivity contribution < 1.29 is 4.79 Å². The first kappa shape index (κ1) is 15.9. The van der Waals surface area contributed by atoms with E-state index < -0.39 is 0 Å². The fraction of sp³-hybridized carbons (Fsp3) is 0.450. The molecule has 1 atom stereocenters. The van der Waals surface area contributed by atoms with Crippen LogP contribution in [0.1, 0.15) is 39.7 Å². The van der Waals surface area contributed by atoms with Crippen LogP contribution in [0.15, 0.2) is 53.9 Å². The molecule has 0 aromatic heterocycles. The third-order valence-corrected chi connectivity index (χ3v) is 5.01. The monoisotopic (exact) mass is 310 g/mol. The molecule has 1 aromatic rings. The average Bonchev–Trinajstić information content (AvgIpc) is 2.73. The lowest BCUT2D eigenvalue weighted by Crippen LogP contribution is -2.35. The first-order chi connectivity index (χ1) is 10.9. The Morgan fingerprint density at radius 2 is 1.96 bits per heavy atom. The van der Waals surface area contributed by atoms with Crippen molar-refractivity contribution in [3.63, 3.8) is 0 Å². The summed E-state index contributed by atoms with van der Waals surface area (Å²) in [5.74, 6) is 0.543. The number of fused-ring (bicyclic) bond motifs is 1. The van der Waals surface area contributed by atoms with E-state index in [0.717, 1.165) is 18.7 Å². The summed E-state index contributed by atoms with van der Waals surface area (Å²) in [6.07, 6.45) is 5.32. The van der Waals surface area contributed by atoms with Crippen molar-refractivity contribution in [2.75, 3.05) is 0 Å². The summed E-state index contributed by atoms with van der Waals surface area (Å²) >= 11 is 0. The molecule has 1 heterocycles. The van der Waals surface area contributed by atoms with Crippen LogP contribution >= 0.6 is 0 Å². The van der Waals surface area contributed by atoms with Crippen molar-refractivity contribution in [1.29, 1.82) is 0 Å². The summed E-state index contributed by atoms with van der Waals surface area (Å²) in [6.45, 7) is 9.14. The maximum Gasteiger partial charge on any atom is 0.233 e. The van der Waals surface area contributed by atoms with E-state index in [2.05, 4.69) is 69.4 Å². The molecule has 1 N–H and O–H groups in total. The van der Waals surface area contributed by atoms with Crippen LogP contribution in [-0.2, 0) is 11.3 Å². The number of nitrogens with zero attached hydrogens (tertiary/aromatic N) is 1. The van der Waals surface area contributed by atoms with E-state index in [9.17, 15) is 4.79 Å². The standard InChI is InChI=1S/C20H26N2O/c1-14(2)22-18-12-16(21-13-15-8-6-5-7-9-15)10-11-17(18)20(3,4)19(22)23/h5-10,12,14,17,21H,11,13H2,1-4H3. The minimum atomic E-state index is -0.308. The van der Waals surface area contributed by atoms with Crippen molar-refractivity contribution in [3.8, 4) is 0 Å². The van der Waals surface area contributed by atoms with Gasteiger partial charge in [-0.2, -0.15) is 0 Å². The Labute approximate surface area is 139 Å². The Morgan fingerprint density at radius 1 is 1.26 bits per heavy atom. The van der Waals surface area contributed by atoms with Crippen LogP contribution < -0.4 is 5.32 Å². The fourth-order valence-electron chi connectivity index (χ4n) is 3.62. The lowest BCUT2D eigenvalue weighted by atomic mass is 9.76. The summed E-state index contributed by atoms with van der Waals surface area (Å²) in [5.41, 5.74) is 3.25. The molecule has 122 valence electrons. The molecule has 0 radical (unpaired) electrons. The summed E-state index contributed by atoms with van der Waals surface area (Å²) in [6, 6.07) is 10.6. The molecule has 1 aliphatic heterocycles. The number of carbonyl (C=O) groups is 1. The minimum Gasteiger partial charge on any atom is -0.381 e. The highest BCUT2D eigenvalue weighted by molar-refractivity contribution is 5.88. The normalized spacial score (nSPS) is 22.7. The number of hydrogen-bond donors (Lipinski definition) is 1. The van der Waals surface area contributed by atoms with E-state index in [0.29, 0.717) is 5.92 Å². The number of nitrogens with one attached hydrogen (secondary N) is 1. The number of benzene rings is 1. The van der Waals surface area contributed by atoms with Gasteiger partial charge in [-0.05, 0) is 31.9 Å². The predicted molar refractivity (Wildman–Crippen MR) is 93.3 cm³/mol. The highest BCUT2D eigenvalue weighted by atomic mass is 16.2. The van der Waals surface area contributed by atoms with Crippen LogP contribution in [-0.4, -0.2) is 16.8 Å². The second-order valence-electron chi connectivity index (χ2n) is 7.35. The molecule has 3 nitrogen and oxygen atoms in total. The molecule has 0 saturated carbocycles. The molecule has 3 rings (SSSR count). The van der Waals surface area contributed by atoms with Crippen molar-refractivity contribution in [1.82, 2.24) is 10.2 Å². The van der Waals surface area contributed by atoms with Crippen molar-refractivity contribution >= 4 is 5.91 Å². The van der Waals surface area contributed by atoms with E-state index in [1.807, 2.05) is 11.0 Å². The van der Waals surface area contributed by atoms with E-state index in [1.54, 1.807) is 0 Å². The van der Waals surface area contributed by atoms with Gasteiger partial charge in [0.05, 0.1) is 5.41 Å². The average molecular weight is 310 g/mol. The van der Waals surface area contributed by atoms with Gasteiger partial charge in [-0.1, -0.05) is 50.3 Å². The summed E-state index contributed by atoms with van der Waals surface area (Å²) in [5, 5.41) is 3.50. The Kier molecular flexibility index (Phi) is 4.05. The Bertz CT molecular complexity index is 655. The molecule has 1 amide bonds. The molecule has 1 aliphatic carbocycles. The number of carbonyl (C=O) groups excluding carboxylic acids is 1. The van der Waals surface area contributed by atoms with Crippen molar-refractivity contribution in [2.45, 2.75) is 46.7 Å². The number of amides is 1. The highest BCUT2D eigenvalue weighted by Gasteiger charge is 2.51. The van der Waals surface area contributed by atoms with Gasteiger partial charge in [-0.15, -0.1) is 0 Å². The SMILES string of the molecule is CC(C)N1C(=O)C(C)(C)C2CC=C(NCc3ccccc3)C=C21. The molecular formula is C20H26N2O. The van der Waals surface area contributed by atoms with E-state index >= 15 is 0 Å². The van der Waals surface area contributed by atoms with Gasteiger partial charge in [0.2, 0.25) is 5.91 Å². The topological polar surface area (TPSA) is 32.3 Å². The zero-order valence-electron chi connectivity index (χ0n) is 14.5. The van der Waals surface area contributed by atoms with Crippen LogP contribution in [0.3, 0.4) is 0 Å². The third kappa shape index (κ3) is 2.80. The number of rotatable bonds is 4. The Balaban J connectivity index is 1.79. The van der Waals surface area contributed by atoms with E-state index in [-0.39, 0.29) is 17.4 Å². The van der Waals surface area contributed by atoms with Crippen LogP contribution in [0.25, 0.3) is 0 Å². The van der Waals surface area contributed by atoms with Crippen LogP contribution in [0.4, 0.5) is 0 Å². The van der Waals surface area contributed by atoms with Gasteiger partial charge in [0.25, 0.3) is 0 Å². The van der Waals surface area contributed by atoms with Gasteiger partial charge in [-0.3, -0.25) is 4.79 Å². The molecule has 1 fully saturated rings. The second-order valence-corrected chi connectivity index (χ2v) is 7.35. The first-order valence-corrected chi connectivity index (χ1v) is 8.44. The van der Waals surface area contributed by atoms with Gasteiger partial charge >= 0.3 is 0 Å². The lowest BCUT2D eigenvalue weighted by molar-refractivity contribution is -0.135. The highest BCUT2D eigenvalue weighted by Crippen LogP contribution is 2.48. The summed E-state index contributed by atoms with van der Waals surface area (Å²) < 4.78 is 0. The maximum atomic E-state index is 12.8. The Morgan fingerprint density at radius 3 is 2.61 bits per heavy atom. The van der Waals surface area contributed by atoms with Crippen molar-refractivity contribution in [3.05, 3.63) is 59.4 Å². The maximum absolute atomic E-state index is 12.8. The molecular weight excluding hydrogens is 284 g/mol. The predicted octanol–water partition coefficient (Wildman–Crippen LogP) is 3.84. The largest absolute Gasteiger partial charge is 0.381 e. The minimum absolute atomic E-state index is 0.200. The van der Waals surface area contributed by atoms with Gasteiger partial charge < -0.3 is 10.2 Å². The molecule has 0 spiro atoms. The van der Waals surface area contributed by atoms with E-state index in [1.165, 1.54) is 11.3 Å². The van der Waals surface area contributed by atoms with Crippen LogP contribution in [0.5, 0.6) is 0 Å². The molecule has 1 aromatic carbocycles. The zero-order chi connectivity index (χ0) is 16.6. The van der Waals surface area contributed by atoms with Crippen LogP contribution in [0, 0.1) is 11.3 Å². The molecule has 2 aliphatic rings. The second kappa shape index (κ2) is 5.88. The first-order valence-electron chi connectivity index (χ1n) is 8.44. The number of hydrogen-bond acceptors (Lipinski definition) is 2. The summed E-state index contributed by atoms with van der Waals surface area (Å²) in [7, 11) is 0. The lowest BCUT2D eigenvalue weighted by Gasteiger charge is -2.27. The smallest absolute Gasteiger partial charge is 0.233 e. The summed E-state index contributed by atoms with van der Waals surface area (Å²) in [4.78, 5) is 14.8. The number of allylic oxidation sites excluding steroid dienone is 3. The van der Waals surface area contributed by atoms with E-state index in [4.69, 9.17) is 0 Å². The molecule has 23 heavy (non-hydrogen) atoms. The Hall–Kier alpha value is -2.03. The van der Waals surface area contributed by atoms with Gasteiger partial charge in [0.1, 0.15) is 0 Å². The third-order valence-electron chi connectivity index (χ3n) is 5.01. The van der Waals surface area contributed by atoms with Crippen LogP contribution in [0.2, 0.25) is 0 Å². The molecule has 0 bridgehead atoms. The quantitative estimate of drug-likeness (QED) is 0.916. The molecule has 3 heteroatoms. The molecule has 1 unspecified atom stereocenters. The van der Waals surface area contributed by atoms with Gasteiger partial charge in [0.15, 0.2) is 0 Å². The van der Waals surface area contributed by atoms with Gasteiger partial charge in [-0.25, -0.2) is 0 Å². The van der Waals surface area contributed by atoms with Crippen molar-refractivity contribution in [2.24, 2.45) is 11.3 Å².